The highest BCUT2D eigenvalue weighted by Gasteiger charge is 2.31. The number of hydrogen-bond acceptors (Lipinski definition) is 4. The minimum absolute atomic E-state index is 0.0754. The summed E-state index contributed by atoms with van der Waals surface area (Å²) >= 11 is 1.58. The summed E-state index contributed by atoms with van der Waals surface area (Å²) in [5.74, 6) is 1.26. The van der Waals surface area contributed by atoms with Gasteiger partial charge in [0.05, 0.1) is 12.7 Å². The molecule has 4 nitrogen and oxygen atoms in total. The topological polar surface area (TPSA) is 55.4 Å². The molecule has 2 aliphatic rings. The van der Waals surface area contributed by atoms with Crippen LogP contribution in [0.5, 0.6) is 0 Å². The molecule has 1 fully saturated rings. The molecule has 1 atom stereocenters. The van der Waals surface area contributed by atoms with Crippen LogP contribution in [0.4, 0.5) is 5.00 Å². The molecule has 2 aliphatic carbocycles. The van der Waals surface area contributed by atoms with Crippen LogP contribution in [0.15, 0.2) is 0 Å². The predicted molar refractivity (Wildman–Crippen MR) is 110 cm³/mol. The van der Waals surface area contributed by atoms with E-state index in [4.69, 9.17) is 4.74 Å². The zero-order chi connectivity index (χ0) is 19.4. The van der Waals surface area contributed by atoms with Gasteiger partial charge in [0.1, 0.15) is 5.00 Å². The van der Waals surface area contributed by atoms with E-state index >= 15 is 0 Å². The highest BCUT2D eigenvalue weighted by atomic mass is 32.1. The van der Waals surface area contributed by atoms with Crippen molar-refractivity contribution in [2.45, 2.75) is 78.1 Å². The van der Waals surface area contributed by atoms with E-state index in [1.54, 1.807) is 11.3 Å². The van der Waals surface area contributed by atoms with Crippen molar-refractivity contribution in [1.29, 1.82) is 0 Å². The Morgan fingerprint density at radius 3 is 2.59 bits per heavy atom. The Morgan fingerprint density at radius 1 is 1.19 bits per heavy atom. The molecule has 1 heterocycles. The maximum Gasteiger partial charge on any atom is 0.341 e. The van der Waals surface area contributed by atoms with E-state index in [1.165, 1.54) is 31.2 Å². The van der Waals surface area contributed by atoms with Gasteiger partial charge in [-0.3, -0.25) is 4.79 Å². The molecule has 1 aromatic rings. The molecule has 150 valence electrons. The quantitative estimate of drug-likeness (QED) is 0.643. The number of thiophene rings is 1. The largest absolute Gasteiger partial charge is 0.465 e. The normalized spacial score (nSPS) is 24.9. The summed E-state index contributed by atoms with van der Waals surface area (Å²) in [5, 5.41) is 3.81. The van der Waals surface area contributed by atoms with Crippen molar-refractivity contribution >= 4 is 28.2 Å². The van der Waals surface area contributed by atoms with Crippen LogP contribution in [-0.4, -0.2) is 19.0 Å². The molecule has 0 aliphatic heterocycles. The van der Waals surface area contributed by atoms with Gasteiger partial charge in [0.2, 0.25) is 5.91 Å². The van der Waals surface area contributed by atoms with Crippen LogP contribution in [0, 0.1) is 17.8 Å². The number of carbonyl (C=O) groups is 2. The van der Waals surface area contributed by atoms with Gasteiger partial charge >= 0.3 is 5.97 Å². The van der Waals surface area contributed by atoms with Gasteiger partial charge in [0.15, 0.2) is 0 Å². The summed E-state index contributed by atoms with van der Waals surface area (Å²) < 4.78 is 5.02. The molecule has 1 aromatic heterocycles. The number of rotatable bonds is 6. The molecule has 1 amide bonds. The fraction of sp³-hybridized carbons (Fsp3) is 0.727. The summed E-state index contributed by atoms with van der Waals surface area (Å²) in [6, 6.07) is 0. The summed E-state index contributed by atoms with van der Waals surface area (Å²) in [4.78, 5) is 26.5. The monoisotopic (exact) mass is 391 g/mol. The standard InChI is InChI=1S/C22H33NO3S/c1-4-5-6-15-8-10-16(11-9-15)20(24)23-21-19(22(25)26-3)17-12-7-14(2)13-18(17)27-21/h14-16H,4-13H2,1-3H3,(H,23,24). The second-order valence-corrected chi connectivity index (χ2v) is 9.50. The van der Waals surface area contributed by atoms with Crippen LogP contribution in [0.1, 0.15) is 86.0 Å². The molecular weight excluding hydrogens is 358 g/mol. The number of fused-ring (bicyclic) bond motifs is 1. The van der Waals surface area contributed by atoms with Crippen molar-refractivity contribution in [3.05, 3.63) is 16.0 Å². The van der Waals surface area contributed by atoms with Crippen molar-refractivity contribution in [3.8, 4) is 0 Å². The highest BCUT2D eigenvalue weighted by molar-refractivity contribution is 7.17. The Hall–Kier alpha value is -1.36. The van der Waals surface area contributed by atoms with Crippen molar-refractivity contribution in [3.63, 3.8) is 0 Å². The number of methoxy groups -OCH3 is 1. The molecule has 1 saturated carbocycles. The Morgan fingerprint density at radius 2 is 1.93 bits per heavy atom. The lowest BCUT2D eigenvalue weighted by molar-refractivity contribution is -0.121. The number of unbranched alkanes of at least 4 members (excludes halogenated alkanes) is 1. The fourth-order valence-electron chi connectivity index (χ4n) is 4.58. The number of hydrogen-bond donors (Lipinski definition) is 1. The van der Waals surface area contributed by atoms with Crippen LogP contribution < -0.4 is 5.32 Å². The first-order chi connectivity index (χ1) is 13.0. The highest BCUT2D eigenvalue weighted by Crippen LogP contribution is 2.41. The zero-order valence-corrected chi connectivity index (χ0v) is 17.8. The number of nitrogens with one attached hydrogen (secondary N) is 1. The second-order valence-electron chi connectivity index (χ2n) is 8.40. The Bertz CT molecular complexity index is 673. The van der Waals surface area contributed by atoms with E-state index < -0.39 is 0 Å². The third-order valence-corrected chi connectivity index (χ3v) is 7.49. The summed E-state index contributed by atoms with van der Waals surface area (Å²) in [5.41, 5.74) is 1.71. The average molecular weight is 392 g/mol. The minimum Gasteiger partial charge on any atom is -0.465 e. The summed E-state index contributed by atoms with van der Waals surface area (Å²) in [6.45, 7) is 4.48. The van der Waals surface area contributed by atoms with E-state index in [2.05, 4.69) is 19.2 Å². The van der Waals surface area contributed by atoms with Gasteiger partial charge in [0.25, 0.3) is 0 Å². The van der Waals surface area contributed by atoms with Gasteiger partial charge in [-0.05, 0) is 62.3 Å². The second kappa shape index (κ2) is 9.22. The molecule has 1 unspecified atom stereocenters. The molecule has 5 heteroatoms. The molecule has 1 N–H and O–H groups in total. The van der Waals surface area contributed by atoms with Gasteiger partial charge in [0, 0.05) is 10.8 Å². The third-order valence-electron chi connectivity index (χ3n) is 6.32. The molecule has 0 spiro atoms. The lowest BCUT2D eigenvalue weighted by Gasteiger charge is -2.27. The molecule has 0 bridgehead atoms. The predicted octanol–water partition coefficient (Wildman–Crippen LogP) is 5.59. The lowest BCUT2D eigenvalue weighted by atomic mass is 9.79. The minimum atomic E-state index is -0.319. The molecule has 3 rings (SSSR count). The summed E-state index contributed by atoms with van der Waals surface area (Å²) in [6.07, 6.45) is 11.1. The smallest absolute Gasteiger partial charge is 0.341 e. The van der Waals surface area contributed by atoms with E-state index in [1.807, 2.05) is 0 Å². The van der Waals surface area contributed by atoms with Crippen LogP contribution in [-0.2, 0) is 22.4 Å². The fourth-order valence-corrected chi connectivity index (χ4v) is 5.98. The van der Waals surface area contributed by atoms with Gasteiger partial charge in [-0.25, -0.2) is 4.79 Å². The number of carbonyl (C=O) groups excluding carboxylic acids is 2. The van der Waals surface area contributed by atoms with Crippen LogP contribution in [0.25, 0.3) is 0 Å². The molecule has 0 saturated heterocycles. The van der Waals surface area contributed by atoms with Gasteiger partial charge < -0.3 is 10.1 Å². The first kappa shape index (κ1) is 20.4. The lowest BCUT2D eigenvalue weighted by Crippen LogP contribution is -2.27. The van der Waals surface area contributed by atoms with Gasteiger partial charge in [-0.2, -0.15) is 0 Å². The van der Waals surface area contributed by atoms with Crippen LogP contribution >= 0.6 is 11.3 Å². The summed E-state index contributed by atoms with van der Waals surface area (Å²) in [7, 11) is 1.42. The molecule has 27 heavy (non-hydrogen) atoms. The number of ether oxygens (including phenoxy) is 1. The van der Waals surface area contributed by atoms with Gasteiger partial charge in [-0.15, -0.1) is 11.3 Å². The van der Waals surface area contributed by atoms with E-state index in [-0.39, 0.29) is 17.8 Å². The van der Waals surface area contributed by atoms with E-state index in [9.17, 15) is 9.59 Å². The Balaban J connectivity index is 1.68. The number of anilines is 1. The first-order valence-corrected chi connectivity index (χ1v) is 11.4. The van der Waals surface area contributed by atoms with Crippen molar-refractivity contribution in [2.75, 3.05) is 12.4 Å². The van der Waals surface area contributed by atoms with Crippen LogP contribution in [0.2, 0.25) is 0 Å². The third kappa shape index (κ3) is 4.74. The first-order valence-electron chi connectivity index (χ1n) is 10.6. The van der Waals surface area contributed by atoms with E-state index in [0.717, 1.165) is 56.4 Å². The molecule has 0 aromatic carbocycles. The van der Waals surface area contributed by atoms with Crippen molar-refractivity contribution < 1.29 is 14.3 Å². The SMILES string of the molecule is CCCCC1CCC(C(=O)Nc2sc3c(c2C(=O)OC)CCC(C)C3)CC1. The maximum atomic E-state index is 12.9. The number of esters is 1. The number of amides is 1. The van der Waals surface area contributed by atoms with Gasteiger partial charge in [-0.1, -0.05) is 33.1 Å². The van der Waals surface area contributed by atoms with E-state index in [0.29, 0.717) is 16.5 Å². The molecule has 0 radical (unpaired) electrons. The zero-order valence-electron chi connectivity index (χ0n) is 16.9. The van der Waals surface area contributed by atoms with Crippen LogP contribution in [0.3, 0.4) is 0 Å². The van der Waals surface area contributed by atoms with Crippen molar-refractivity contribution in [2.24, 2.45) is 17.8 Å². The Labute approximate surface area is 167 Å². The van der Waals surface area contributed by atoms with Crippen molar-refractivity contribution in [1.82, 2.24) is 0 Å². The maximum absolute atomic E-state index is 12.9. The average Bonchev–Trinajstić information content (AvgIpc) is 3.02. The Kier molecular flexibility index (Phi) is 6.96. The molecular formula is C22H33NO3S.